The number of amides is 1. The van der Waals surface area contributed by atoms with Gasteiger partial charge in [0.1, 0.15) is 0 Å². The quantitative estimate of drug-likeness (QED) is 0.807. The van der Waals surface area contributed by atoms with Crippen LogP contribution in [0.3, 0.4) is 0 Å². The highest BCUT2D eigenvalue weighted by Crippen LogP contribution is 2.27. The molecule has 19 heavy (non-hydrogen) atoms. The van der Waals surface area contributed by atoms with E-state index in [2.05, 4.69) is 33.4 Å². The van der Waals surface area contributed by atoms with E-state index in [0.717, 1.165) is 23.1 Å². The molecule has 1 aliphatic rings. The van der Waals surface area contributed by atoms with Crippen molar-refractivity contribution >= 4 is 33.6 Å². The van der Waals surface area contributed by atoms with Gasteiger partial charge in [0, 0.05) is 16.8 Å². The summed E-state index contributed by atoms with van der Waals surface area (Å²) in [7, 11) is 0. The van der Waals surface area contributed by atoms with Crippen LogP contribution in [0.25, 0.3) is 0 Å². The monoisotopic (exact) mass is 343 g/mol. The fourth-order valence-corrected chi connectivity index (χ4v) is 3.77. The van der Waals surface area contributed by atoms with Gasteiger partial charge in [-0.05, 0) is 42.7 Å². The Morgan fingerprint density at radius 3 is 3.05 bits per heavy atom. The molecule has 0 saturated carbocycles. The van der Waals surface area contributed by atoms with Gasteiger partial charge in [-0.25, -0.2) is 0 Å². The summed E-state index contributed by atoms with van der Waals surface area (Å²) in [6.07, 6.45) is 2.37. The number of nitrogens with one attached hydrogen (secondary N) is 1. The Bertz CT molecular complexity index is 447. The number of carbonyl (C=O) groups excluding carboxylic acids is 1. The van der Waals surface area contributed by atoms with E-state index < -0.39 is 5.60 Å². The minimum Gasteiger partial charge on any atom is -0.379 e. The van der Waals surface area contributed by atoms with Crippen LogP contribution in [0.2, 0.25) is 0 Å². The number of aliphatic hydroxyl groups is 1. The average molecular weight is 344 g/mol. The van der Waals surface area contributed by atoms with E-state index in [1.807, 2.05) is 12.1 Å². The average Bonchev–Trinajstić information content (AvgIpc) is 2.83. The molecule has 0 aromatic heterocycles. The van der Waals surface area contributed by atoms with Gasteiger partial charge >= 0.3 is 0 Å². The van der Waals surface area contributed by atoms with Gasteiger partial charge in [0.2, 0.25) is 0 Å². The third-order valence-electron chi connectivity index (χ3n) is 3.24. The second kappa shape index (κ2) is 6.77. The molecule has 2 rings (SSSR count). The van der Waals surface area contributed by atoms with Gasteiger partial charge in [-0.15, -0.1) is 0 Å². The van der Waals surface area contributed by atoms with E-state index in [4.69, 9.17) is 0 Å². The number of aryl methyl sites for hydroxylation is 1. The molecular weight excluding hydrogens is 326 g/mol. The lowest BCUT2D eigenvalue weighted by atomic mass is 10.0. The fraction of sp³-hybridized carbons (Fsp3) is 0.500. The largest absolute Gasteiger partial charge is 0.379 e. The maximum atomic E-state index is 11.9. The van der Waals surface area contributed by atoms with Gasteiger partial charge in [0.25, 0.3) is 5.91 Å². The zero-order chi connectivity index (χ0) is 13.7. The molecular formula is C14H18BrNO2S. The van der Waals surface area contributed by atoms with Crippen molar-refractivity contribution in [3.63, 3.8) is 0 Å². The number of hydrogen-bond donors (Lipinski definition) is 2. The van der Waals surface area contributed by atoms with Crippen molar-refractivity contribution in [3.8, 4) is 0 Å². The second-order valence-electron chi connectivity index (χ2n) is 4.82. The molecule has 104 valence electrons. The number of benzene rings is 1. The molecule has 0 bridgehead atoms. The zero-order valence-corrected chi connectivity index (χ0v) is 13.1. The van der Waals surface area contributed by atoms with E-state index in [-0.39, 0.29) is 5.91 Å². The lowest BCUT2D eigenvalue weighted by Gasteiger charge is -2.20. The first-order chi connectivity index (χ1) is 9.10. The third-order valence-corrected chi connectivity index (χ3v) is 4.91. The van der Waals surface area contributed by atoms with E-state index in [0.29, 0.717) is 18.7 Å². The normalized spacial score (nSPS) is 22.4. The summed E-state index contributed by atoms with van der Waals surface area (Å²) in [5.41, 5.74) is 0.110. The maximum absolute atomic E-state index is 11.9. The van der Waals surface area contributed by atoms with E-state index >= 15 is 0 Å². The van der Waals surface area contributed by atoms with Crippen LogP contribution in [0.5, 0.6) is 0 Å². The standard InChI is InChI=1S/C14H18BrNO2S/c15-12-5-1-3-11(9-12)4-2-7-16-13(17)14(18)6-8-19-10-14/h1,3,5,9,18H,2,4,6-8,10H2,(H,16,17)/t14-/m1/s1. The minimum atomic E-state index is -1.14. The topological polar surface area (TPSA) is 49.3 Å². The van der Waals surface area contributed by atoms with Crippen molar-refractivity contribution in [3.05, 3.63) is 34.3 Å². The third kappa shape index (κ3) is 4.23. The molecule has 0 radical (unpaired) electrons. The van der Waals surface area contributed by atoms with Crippen molar-refractivity contribution in [2.24, 2.45) is 0 Å². The van der Waals surface area contributed by atoms with Crippen molar-refractivity contribution in [1.82, 2.24) is 5.32 Å². The summed E-state index contributed by atoms with van der Waals surface area (Å²) < 4.78 is 1.08. The smallest absolute Gasteiger partial charge is 0.252 e. The summed E-state index contributed by atoms with van der Waals surface area (Å²) in [5, 5.41) is 12.9. The first-order valence-corrected chi connectivity index (χ1v) is 8.38. The Kier molecular flexibility index (Phi) is 5.30. The van der Waals surface area contributed by atoms with Crippen LogP contribution in [0.4, 0.5) is 0 Å². The molecule has 1 saturated heterocycles. The molecule has 2 N–H and O–H groups in total. The van der Waals surface area contributed by atoms with Crippen LogP contribution < -0.4 is 5.32 Å². The van der Waals surface area contributed by atoms with Gasteiger partial charge in [0.15, 0.2) is 5.60 Å². The predicted octanol–water partition coefficient (Wildman–Crippen LogP) is 2.37. The summed E-state index contributed by atoms with van der Waals surface area (Å²) in [6.45, 7) is 0.609. The Morgan fingerprint density at radius 1 is 1.53 bits per heavy atom. The number of hydrogen-bond acceptors (Lipinski definition) is 3. The molecule has 1 heterocycles. The molecule has 1 fully saturated rings. The first kappa shape index (κ1) is 14.9. The number of thioether (sulfide) groups is 1. The molecule has 0 unspecified atom stereocenters. The molecule has 1 aromatic carbocycles. The fourth-order valence-electron chi connectivity index (χ4n) is 2.08. The van der Waals surface area contributed by atoms with Crippen molar-refractivity contribution < 1.29 is 9.90 Å². The highest BCUT2D eigenvalue weighted by Gasteiger charge is 2.39. The lowest BCUT2D eigenvalue weighted by Crippen LogP contribution is -2.47. The molecule has 5 heteroatoms. The van der Waals surface area contributed by atoms with Crippen LogP contribution in [0.1, 0.15) is 18.4 Å². The van der Waals surface area contributed by atoms with Crippen molar-refractivity contribution in [1.29, 1.82) is 0 Å². The number of rotatable bonds is 5. The highest BCUT2D eigenvalue weighted by atomic mass is 79.9. The van der Waals surface area contributed by atoms with Gasteiger partial charge in [0.05, 0.1) is 0 Å². The van der Waals surface area contributed by atoms with Crippen molar-refractivity contribution in [2.45, 2.75) is 24.9 Å². The zero-order valence-electron chi connectivity index (χ0n) is 10.7. The molecule has 0 aliphatic carbocycles. The molecule has 0 spiro atoms. The van der Waals surface area contributed by atoms with Crippen LogP contribution in [0, 0.1) is 0 Å². The predicted molar refractivity (Wildman–Crippen MR) is 82.4 cm³/mol. The minimum absolute atomic E-state index is 0.216. The summed E-state index contributed by atoms with van der Waals surface area (Å²) >= 11 is 5.07. The van der Waals surface area contributed by atoms with E-state index in [9.17, 15) is 9.90 Å². The molecule has 1 amide bonds. The van der Waals surface area contributed by atoms with Gasteiger partial charge in [-0.1, -0.05) is 28.1 Å². The Hall–Kier alpha value is -0.520. The number of halogens is 1. The lowest BCUT2D eigenvalue weighted by molar-refractivity contribution is -0.137. The molecule has 1 aromatic rings. The Balaban J connectivity index is 1.71. The van der Waals surface area contributed by atoms with Gasteiger partial charge in [-0.3, -0.25) is 4.79 Å². The highest BCUT2D eigenvalue weighted by molar-refractivity contribution is 9.10. The van der Waals surface area contributed by atoms with Crippen molar-refractivity contribution in [2.75, 3.05) is 18.1 Å². The maximum Gasteiger partial charge on any atom is 0.252 e. The van der Waals surface area contributed by atoms with Gasteiger partial charge in [-0.2, -0.15) is 11.8 Å². The Labute approximate surface area is 126 Å². The molecule has 1 aliphatic heterocycles. The van der Waals surface area contributed by atoms with Crippen LogP contribution in [-0.2, 0) is 11.2 Å². The van der Waals surface area contributed by atoms with Gasteiger partial charge < -0.3 is 10.4 Å². The van der Waals surface area contributed by atoms with Crippen LogP contribution in [-0.4, -0.2) is 34.7 Å². The Morgan fingerprint density at radius 2 is 2.37 bits per heavy atom. The van der Waals surface area contributed by atoms with E-state index in [1.54, 1.807) is 11.8 Å². The molecule has 1 atom stereocenters. The van der Waals surface area contributed by atoms with Crippen LogP contribution >= 0.6 is 27.7 Å². The second-order valence-corrected chi connectivity index (χ2v) is 6.84. The number of carbonyl (C=O) groups is 1. The SMILES string of the molecule is O=C(NCCCc1cccc(Br)c1)[C@@]1(O)CCSC1. The summed E-state index contributed by atoms with van der Waals surface area (Å²) in [5.74, 6) is 1.17. The van der Waals surface area contributed by atoms with Crippen LogP contribution in [0.15, 0.2) is 28.7 Å². The van der Waals surface area contributed by atoms with E-state index in [1.165, 1.54) is 5.56 Å². The summed E-state index contributed by atoms with van der Waals surface area (Å²) in [4.78, 5) is 11.9. The first-order valence-electron chi connectivity index (χ1n) is 6.43. The summed E-state index contributed by atoms with van der Waals surface area (Å²) in [6, 6.07) is 8.17. The molecule has 3 nitrogen and oxygen atoms in total.